The molecule has 0 spiro atoms. The highest BCUT2D eigenvalue weighted by molar-refractivity contribution is 5.86. The van der Waals surface area contributed by atoms with Gasteiger partial charge in [-0.25, -0.2) is 14.8 Å². The van der Waals surface area contributed by atoms with Crippen LogP contribution in [0.5, 0.6) is 0 Å². The number of hydrogen-bond acceptors (Lipinski definition) is 3. The molecule has 82 valence electrons. The standard InChI is InChI=1S/C11H11N3O2/c1-6-12-8(7-2-3-7)4-10-13-9(11(15)16)5-14(6)10/h4-5,7H,2-3H2,1H3,(H,15,16). The smallest absolute Gasteiger partial charge is 0.356 e. The number of aryl methyl sites for hydroxylation is 1. The van der Waals surface area contributed by atoms with E-state index in [0.29, 0.717) is 11.6 Å². The summed E-state index contributed by atoms with van der Waals surface area (Å²) in [4.78, 5) is 19.4. The summed E-state index contributed by atoms with van der Waals surface area (Å²) in [5.41, 5.74) is 1.78. The lowest BCUT2D eigenvalue weighted by atomic mass is 10.3. The number of carbonyl (C=O) groups is 1. The van der Waals surface area contributed by atoms with Gasteiger partial charge in [-0.2, -0.15) is 0 Å². The van der Waals surface area contributed by atoms with Gasteiger partial charge in [0.05, 0.1) is 0 Å². The molecule has 1 N–H and O–H groups in total. The zero-order valence-corrected chi connectivity index (χ0v) is 8.84. The number of aromatic nitrogens is 3. The lowest BCUT2D eigenvalue weighted by molar-refractivity contribution is 0.0691. The van der Waals surface area contributed by atoms with Gasteiger partial charge in [0.1, 0.15) is 11.5 Å². The molecule has 0 amide bonds. The Kier molecular flexibility index (Phi) is 1.77. The quantitative estimate of drug-likeness (QED) is 0.829. The molecule has 16 heavy (non-hydrogen) atoms. The molecule has 1 aliphatic rings. The van der Waals surface area contributed by atoms with Gasteiger partial charge in [0, 0.05) is 23.9 Å². The number of imidazole rings is 1. The largest absolute Gasteiger partial charge is 0.476 e. The van der Waals surface area contributed by atoms with Gasteiger partial charge in [-0.05, 0) is 19.8 Å². The molecule has 2 aromatic heterocycles. The summed E-state index contributed by atoms with van der Waals surface area (Å²) in [6, 6.07) is 1.89. The van der Waals surface area contributed by atoms with Crippen molar-refractivity contribution in [1.82, 2.24) is 14.4 Å². The van der Waals surface area contributed by atoms with Crippen LogP contribution in [0.2, 0.25) is 0 Å². The van der Waals surface area contributed by atoms with Crippen molar-refractivity contribution < 1.29 is 9.90 Å². The number of fused-ring (bicyclic) bond motifs is 1. The van der Waals surface area contributed by atoms with E-state index in [1.54, 1.807) is 4.40 Å². The zero-order chi connectivity index (χ0) is 11.3. The van der Waals surface area contributed by atoms with Crippen LogP contribution in [0, 0.1) is 6.92 Å². The van der Waals surface area contributed by atoms with Gasteiger partial charge in [0.25, 0.3) is 0 Å². The first-order chi connectivity index (χ1) is 7.65. The van der Waals surface area contributed by atoms with E-state index >= 15 is 0 Å². The monoisotopic (exact) mass is 217 g/mol. The average Bonchev–Trinajstić information content (AvgIpc) is 2.97. The molecular weight excluding hydrogens is 206 g/mol. The second-order valence-corrected chi connectivity index (χ2v) is 4.16. The molecule has 0 atom stereocenters. The summed E-state index contributed by atoms with van der Waals surface area (Å²) in [5.74, 6) is 0.337. The average molecular weight is 217 g/mol. The predicted molar refractivity (Wildman–Crippen MR) is 56.7 cm³/mol. The Morgan fingerprint density at radius 3 is 2.88 bits per heavy atom. The van der Waals surface area contributed by atoms with Crippen LogP contribution in [0.25, 0.3) is 5.65 Å². The van der Waals surface area contributed by atoms with Crippen molar-refractivity contribution in [2.24, 2.45) is 0 Å². The molecule has 0 aromatic carbocycles. The third kappa shape index (κ3) is 1.36. The first-order valence-electron chi connectivity index (χ1n) is 5.25. The molecule has 1 saturated carbocycles. The molecule has 5 heteroatoms. The van der Waals surface area contributed by atoms with Crippen molar-refractivity contribution in [3.05, 3.63) is 29.5 Å². The van der Waals surface area contributed by atoms with Crippen LogP contribution in [0.3, 0.4) is 0 Å². The van der Waals surface area contributed by atoms with Crippen LogP contribution in [0.1, 0.15) is 40.8 Å². The van der Waals surface area contributed by atoms with Gasteiger partial charge in [0.15, 0.2) is 5.69 Å². The van der Waals surface area contributed by atoms with Gasteiger partial charge < -0.3 is 5.11 Å². The van der Waals surface area contributed by atoms with Crippen LogP contribution in [-0.2, 0) is 0 Å². The molecule has 2 aromatic rings. The minimum absolute atomic E-state index is 0.0675. The summed E-state index contributed by atoms with van der Waals surface area (Å²) in [5, 5.41) is 8.87. The second-order valence-electron chi connectivity index (χ2n) is 4.16. The van der Waals surface area contributed by atoms with Crippen LogP contribution in [-0.4, -0.2) is 25.4 Å². The van der Waals surface area contributed by atoms with Crippen molar-refractivity contribution in [1.29, 1.82) is 0 Å². The summed E-state index contributed by atoms with van der Waals surface area (Å²) >= 11 is 0. The van der Waals surface area contributed by atoms with Crippen LogP contribution in [0.4, 0.5) is 0 Å². The molecule has 0 aliphatic heterocycles. The highest BCUT2D eigenvalue weighted by Gasteiger charge is 2.26. The van der Waals surface area contributed by atoms with E-state index in [4.69, 9.17) is 5.11 Å². The maximum absolute atomic E-state index is 10.8. The molecule has 1 aliphatic carbocycles. The first kappa shape index (κ1) is 9.33. The third-order valence-electron chi connectivity index (χ3n) is 2.86. The fourth-order valence-corrected chi connectivity index (χ4v) is 1.85. The maximum atomic E-state index is 10.8. The third-order valence-corrected chi connectivity index (χ3v) is 2.86. The first-order valence-corrected chi connectivity index (χ1v) is 5.25. The topological polar surface area (TPSA) is 67.5 Å². The minimum Gasteiger partial charge on any atom is -0.476 e. The highest BCUT2D eigenvalue weighted by atomic mass is 16.4. The number of hydrogen-bond donors (Lipinski definition) is 1. The lowest BCUT2D eigenvalue weighted by Crippen LogP contribution is -1.98. The Morgan fingerprint density at radius 1 is 1.50 bits per heavy atom. The molecule has 0 radical (unpaired) electrons. The second kappa shape index (κ2) is 3.04. The van der Waals surface area contributed by atoms with Gasteiger partial charge >= 0.3 is 5.97 Å². The van der Waals surface area contributed by atoms with Crippen molar-refractivity contribution in [2.45, 2.75) is 25.7 Å². The zero-order valence-electron chi connectivity index (χ0n) is 8.84. The highest BCUT2D eigenvalue weighted by Crippen LogP contribution is 2.39. The summed E-state index contributed by atoms with van der Waals surface area (Å²) in [6.45, 7) is 1.87. The van der Waals surface area contributed by atoms with E-state index < -0.39 is 5.97 Å². The number of carboxylic acids is 1. The van der Waals surface area contributed by atoms with Crippen molar-refractivity contribution in [2.75, 3.05) is 0 Å². The lowest BCUT2D eigenvalue weighted by Gasteiger charge is -2.02. The maximum Gasteiger partial charge on any atom is 0.356 e. The molecule has 0 saturated heterocycles. The molecule has 5 nitrogen and oxygen atoms in total. The van der Waals surface area contributed by atoms with Gasteiger partial charge in [-0.3, -0.25) is 4.40 Å². The number of rotatable bonds is 2. The Balaban J connectivity index is 2.21. The summed E-state index contributed by atoms with van der Waals surface area (Å²) < 4.78 is 1.72. The molecule has 1 fully saturated rings. The SMILES string of the molecule is Cc1nc(C2CC2)cc2nc(C(=O)O)cn12. The van der Waals surface area contributed by atoms with Crippen LogP contribution in [0.15, 0.2) is 12.3 Å². The van der Waals surface area contributed by atoms with E-state index in [1.807, 2.05) is 13.0 Å². The Bertz CT molecular complexity index is 584. The van der Waals surface area contributed by atoms with E-state index in [1.165, 1.54) is 19.0 Å². The predicted octanol–water partition coefficient (Wildman–Crippen LogP) is 1.61. The van der Waals surface area contributed by atoms with Crippen molar-refractivity contribution in [3.8, 4) is 0 Å². The molecule has 3 rings (SSSR count). The molecule has 2 heterocycles. The van der Waals surface area contributed by atoms with E-state index in [-0.39, 0.29) is 5.69 Å². The Morgan fingerprint density at radius 2 is 2.25 bits per heavy atom. The van der Waals surface area contributed by atoms with Gasteiger partial charge in [0.2, 0.25) is 0 Å². The fourth-order valence-electron chi connectivity index (χ4n) is 1.85. The minimum atomic E-state index is -1.00. The number of nitrogens with zero attached hydrogens (tertiary/aromatic N) is 3. The van der Waals surface area contributed by atoms with Crippen molar-refractivity contribution in [3.63, 3.8) is 0 Å². The van der Waals surface area contributed by atoms with Gasteiger partial charge in [-0.1, -0.05) is 0 Å². The van der Waals surface area contributed by atoms with Crippen LogP contribution < -0.4 is 0 Å². The number of carboxylic acid groups (broad SMARTS) is 1. The van der Waals surface area contributed by atoms with E-state index in [2.05, 4.69) is 9.97 Å². The van der Waals surface area contributed by atoms with E-state index in [0.717, 1.165) is 11.5 Å². The Labute approximate surface area is 91.8 Å². The molecule has 0 bridgehead atoms. The van der Waals surface area contributed by atoms with Crippen molar-refractivity contribution >= 4 is 11.6 Å². The molecule has 0 unspecified atom stereocenters. The van der Waals surface area contributed by atoms with Gasteiger partial charge in [-0.15, -0.1) is 0 Å². The normalized spacial score (nSPS) is 15.6. The van der Waals surface area contributed by atoms with E-state index in [9.17, 15) is 4.79 Å². The number of aromatic carboxylic acids is 1. The summed E-state index contributed by atoms with van der Waals surface area (Å²) in [7, 11) is 0. The Hall–Kier alpha value is -1.91. The fraction of sp³-hybridized carbons (Fsp3) is 0.364. The summed E-state index contributed by atoms with van der Waals surface area (Å²) in [6.07, 6.45) is 3.86. The van der Waals surface area contributed by atoms with Crippen LogP contribution >= 0.6 is 0 Å². The molecular formula is C11H11N3O2.